The normalized spacial score (nSPS) is 9.79. The van der Waals surface area contributed by atoms with E-state index in [0.29, 0.717) is 5.11 Å². The van der Waals surface area contributed by atoms with E-state index in [1.165, 1.54) is 6.33 Å². The van der Waals surface area contributed by atoms with Gasteiger partial charge in [-0.25, -0.2) is 4.98 Å². The van der Waals surface area contributed by atoms with E-state index in [0.717, 1.165) is 31.8 Å². The van der Waals surface area contributed by atoms with Gasteiger partial charge in [-0.3, -0.25) is 5.10 Å². The molecule has 14 heavy (non-hydrogen) atoms. The molecule has 0 fully saturated rings. The van der Waals surface area contributed by atoms with Crippen molar-refractivity contribution in [2.45, 2.75) is 19.8 Å². The van der Waals surface area contributed by atoms with Crippen LogP contribution in [-0.4, -0.2) is 33.4 Å². The van der Waals surface area contributed by atoms with Crippen LogP contribution >= 0.6 is 12.2 Å². The summed E-state index contributed by atoms with van der Waals surface area (Å²) in [5.74, 6) is 0.918. The van der Waals surface area contributed by atoms with Gasteiger partial charge in [0.05, 0.1) is 0 Å². The van der Waals surface area contributed by atoms with Crippen molar-refractivity contribution in [2.75, 3.05) is 13.1 Å². The molecule has 0 spiro atoms. The number of thiocarbonyl (C=S) groups is 1. The van der Waals surface area contributed by atoms with E-state index in [4.69, 9.17) is 12.2 Å². The van der Waals surface area contributed by atoms with E-state index in [2.05, 4.69) is 25.8 Å². The second kappa shape index (κ2) is 6.31. The number of aromatic nitrogens is 3. The molecule has 0 bridgehead atoms. The Kier molecular flexibility index (Phi) is 4.92. The highest BCUT2D eigenvalue weighted by atomic mass is 32.1. The Morgan fingerprint density at radius 3 is 3.07 bits per heavy atom. The topological polar surface area (TPSA) is 65.6 Å². The molecule has 78 valence electrons. The van der Waals surface area contributed by atoms with Crippen molar-refractivity contribution in [2.24, 2.45) is 0 Å². The number of aromatic amines is 1. The van der Waals surface area contributed by atoms with Crippen molar-refractivity contribution >= 4 is 17.3 Å². The van der Waals surface area contributed by atoms with Gasteiger partial charge in [-0.1, -0.05) is 0 Å². The van der Waals surface area contributed by atoms with Gasteiger partial charge in [0, 0.05) is 19.5 Å². The summed E-state index contributed by atoms with van der Waals surface area (Å²) in [6.45, 7) is 3.73. The molecule has 5 nitrogen and oxygen atoms in total. The minimum absolute atomic E-state index is 0.713. The van der Waals surface area contributed by atoms with E-state index in [1.54, 1.807) is 0 Å². The molecule has 0 aliphatic rings. The summed E-state index contributed by atoms with van der Waals surface area (Å²) in [4.78, 5) is 4.03. The predicted octanol–water partition coefficient (Wildman–Crippen LogP) is 0.221. The molecule has 0 saturated heterocycles. The van der Waals surface area contributed by atoms with Crippen molar-refractivity contribution in [1.82, 2.24) is 25.8 Å². The molecule has 0 aliphatic heterocycles. The van der Waals surface area contributed by atoms with Crippen LogP contribution < -0.4 is 10.6 Å². The maximum atomic E-state index is 5.01. The summed E-state index contributed by atoms with van der Waals surface area (Å²) in [7, 11) is 0. The van der Waals surface area contributed by atoms with Gasteiger partial charge >= 0.3 is 0 Å². The number of nitrogens with zero attached hydrogens (tertiary/aromatic N) is 2. The Balaban J connectivity index is 2.02. The molecule has 0 aliphatic carbocycles. The number of aryl methyl sites for hydroxylation is 1. The van der Waals surface area contributed by atoms with Gasteiger partial charge in [0.2, 0.25) is 0 Å². The molecule has 0 radical (unpaired) electrons. The predicted molar refractivity (Wildman–Crippen MR) is 59.0 cm³/mol. The summed E-state index contributed by atoms with van der Waals surface area (Å²) < 4.78 is 0. The van der Waals surface area contributed by atoms with Crippen LogP contribution in [0.3, 0.4) is 0 Å². The van der Waals surface area contributed by atoms with Crippen LogP contribution in [0.2, 0.25) is 0 Å². The number of rotatable bonds is 5. The fourth-order valence-corrected chi connectivity index (χ4v) is 1.28. The lowest BCUT2D eigenvalue weighted by molar-refractivity contribution is 0.733. The van der Waals surface area contributed by atoms with Crippen LogP contribution in [0.15, 0.2) is 6.33 Å². The Morgan fingerprint density at radius 2 is 2.43 bits per heavy atom. The summed E-state index contributed by atoms with van der Waals surface area (Å²) in [6.07, 6.45) is 3.40. The largest absolute Gasteiger partial charge is 0.363 e. The van der Waals surface area contributed by atoms with Gasteiger partial charge in [0.15, 0.2) is 5.11 Å². The molecule has 0 aromatic carbocycles. The molecule has 0 unspecified atom stereocenters. The first-order chi connectivity index (χ1) is 6.83. The average molecular weight is 213 g/mol. The number of hydrogen-bond donors (Lipinski definition) is 3. The molecular weight excluding hydrogens is 198 g/mol. The monoisotopic (exact) mass is 213 g/mol. The van der Waals surface area contributed by atoms with E-state index >= 15 is 0 Å². The zero-order chi connectivity index (χ0) is 10.2. The van der Waals surface area contributed by atoms with Crippen molar-refractivity contribution in [1.29, 1.82) is 0 Å². The number of nitrogens with one attached hydrogen (secondary N) is 3. The fraction of sp³-hybridized carbons (Fsp3) is 0.625. The lowest BCUT2D eigenvalue weighted by Crippen LogP contribution is -2.35. The van der Waals surface area contributed by atoms with Crippen LogP contribution in [0.25, 0.3) is 0 Å². The molecule has 0 amide bonds. The first kappa shape index (κ1) is 10.9. The molecule has 3 N–H and O–H groups in total. The Morgan fingerprint density at radius 1 is 1.57 bits per heavy atom. The smallest absolute Gasteiger partial charge is 0.166 e. The highest BCUT2D eigenvalue weighted by Crippen LogP contribution is 1.91. The van der Waals surface area contributed by atoms with Crippen LogP contribution in [0.4, 0.5) is 0 Å². The first-order valence-electron chi connectivity index (χ1n) is 4.69. The van der Waals surface area contributed by atoms with E-state index in [9.17, 15) is 0 Å². The molecular formula is C8H15N5S. The Bertz CT molecular complexity index is 259. The summed E-state index contributed by atoms with van der Waals surface area (Å²) in [5.41, 5.74) is 0. The third-order valence-corrected chi connectivity index (χ3v) is 1.97. The molecule has 1 heterocycles. The summed E-state index contributed by atoms with van der Waals surface area (Å²) >= 11 is 5.01. The Labute approximate surface area is 88.7 Å². The van der Waals surface area contributed by atoms with Crippen LogP contribution in [-0.2, 0) is 6.42 Å². The first-order valence-corrected chi connectivity index (χ1v) is 5.09. The van der Waals surface area contributed by atoms with E-state index < -0.39 is 0 Å². The van der Waals surface area contributed by atoms with Gasteiger partial charge in [0.1, 0.15) is 12.2 Å². The minimum atomic E-state index is 0.713. The summed E-state index contributed by atoms with van der Waals surface area (Å²) in [6, 6.07) is 0. The molecule has 1 aromatic rings. The third-order valence-electron chi connectivity index (χ3n) is 1.68. The molecule has 0 atom stereocenters. The van der Waals surface area contributed by atoms with Crippen molar-refractivity contribution < 1.29 is 0 Å². The second-order valence-electron chi connectivity index (χ2n) is 2.82. The lowest BCUT2D eigenvalue weighted by Gasteiger charge is -2.07. The van der Waals surface area contributed by atoms with Crippen LogP contribution in [0, 0.1) is 0 Å². The Hall–Kier alpha value is -1.17. The molecule has 1 rings (SSSR count). The van der Waals surface area contributed by atoms with Gasteiger partial charge in [-0.15, -0.1) is 0 Å². The van der Waals surface area contributed by atoms with Gasteiger partial charge < -0.3 is 10.6 Å². The number of hydrogen-bond acceptors (Lipinski definition) is 3. The van der Waals surface area contributed by atoms with Crippen LogP contribution in [0.1, 0.15) is 19.2 Å². The molecule has 6 heteroatoms. The van der Waals surface area contributed by atoms with Crippen molar-refractivity contribution in [3.05, 3.63) is 12.2 Å². The standard InChI is InChI=1S/C8H15N5S/c1-2-9-8(14)10-5-3-4-7-11-6-12-13-7/h6H,2-5H2,1H3,(H2,9,10,14)(H,11,12,13). The maximum Gasteiger partial charge on any atom is 0.166 e. The molecule has 0 saturated carbocycles. The summed E-state index contributed by atoms with van der Waals surface area (Å²) in [5, 5.41) is 13.4. The van der Waals surface area contributed by atoms with E-state index in [1.807, 2.05) is 6.92 Å². The van der Waals surface area contributed by atoms with Gasteiger partial charge in [-0.05, 0) is 25.6 Å². The maximum absolute atomic E-state index is 5.01. The second-order valence-corrected chi connectivity index (χ2v) is 3.23. The minimum Gasteiger partial charge on any atom is -0.363 e. The average Bonchev–Trinajstić information content (AvgIpc) is 2.65. The number of H-pyrrole nitrogens is 1. The highest BCUT2D eigenvalue weighted by Gasteiger charge is 1.96. The van der Waals surface area contributed by atoms with Crippen LogP contribution in [0.5, 0.6) is 0 Å². The van der Waals surface area contributed by atoms with Gasteiger partial charge in [0.25, 0.3) is 0 Å². The highest BCUT2D eigenvalue weighted by molar-refractivity contribution is 7.80. The zero-order valence-electron chi connectivity index (χ0n) is 8.21. The molecule has 1 aromatic heterocycles. The van der Waals surface area contributed by atoms with Crippen molar-refractivity contribution in [3.8, 4) is 0 Å². The quantitative estimate of drug-likeness (QED) is 0.482. The van der Waals surface area contributed by atoms with E-state index in [-0.39, 0.29) is 0 Å². The van der Waals surface area contributed by atoms with Crippen molar-refractivity contribution in [3.63, 3.8) is 0 Å². The fourth-order valence-electron chi connectivity index (χ4n) is 1.03. The SMILES string of the molecule is CCNC(=S)NCCCc1ncn[nH]1. The zero-order valence-corrected chi connectivity index (χ0v) is 9.02. The third kappa shape index (κ3) is 4.18. The van der Waals surface area contributed by atoms with Gasteiger partial charge in [-0.2, -0.15) is 5.10 Å². The lowest BCUT2D eigenvalue weighted by atomic mass is 10.3.